The Labute approximate surface area is 129 Å². The summed E-state index contributed by atoms with van der Waals surface area (Å²) in [6, 6.07) is 0.681. The summed E-state index contributed by atoms with van der Waals surface area (Å²) in [6.45, 7) is 6.43. The Morgan fingerprint density at radius 2 is 1.52 bits per heavy atom. The van der Waals surface area contributed by atoms with Gasteiger partial charge in [-0.2, -0.15) is 0 Å². The van der Waals surface area contributed by atoms with Crippen molar-refractivity contribution >= 4 is 6.03 Å². The number of carbonyl (C=O) groups is 1. The van der Waals surface area contributed by atoms with E-state index >= 15 is 0 Å². The molecule has 4 fully saturated rings. The normalized spacial score (nSPS) is 39.9. The Bertz CT molecular complexity index is 357. The number of amides is 2. The van der Waals surface area contributed by atoms with Crippen LogP contribution in [0, 0.1) is 23.2 Å². The predicted octanol–water partition coefficient (Wildman–Crippen LogP) is 4.08. The van der Waals surface area contributed by atoms with Crippen LogP contribution in [0.2, 0.25) is 0 Å². The van der Waals surface area contributed by atoms with Crippen molar-refractivity contribution < 1.29 is 4.79 Å². The minimum atomic E-state index is 0.0481. The molecule has 4 aliphatic rings. The summed E-state index contributed by atoms with van der Waals surface area (Å²) in [4.78, 5) is 12.3. The number of urea groups is 1. The average Bonchev–Trinajstić information content (AvgIpc) is 2.42. The highest BCUT2D eigenvalue weighted by molar-refractivity contribution is 5.74. The summed E-state index contributed by atoms with van der Waals surface area (Å²) in [6.07, 6.45) is 10.5. The molecule has 2 N–H and O–H groups in total. The van der Waals surface area contributed by atoms with E-state index < -0.39 is 0 Å². The molecule has 4 bridgehead atoms. The lowest BCUT2D eigenvalue weighted by Crippen LogP contribution is -2.58. The maximum Gasteiger partial charge on any atom is 0.315 e. The lowest BCUT2D eigenvalue weighted by molar-refractivity contribution is -0.0721. The fourth-order valence-electron chi connectivity index (χ4n) is 5.82. The third kappa shape index (κ3) is 2.93. The van der Waals surface area contributed by atoms with Gasteiger partial charge in [0, 0.05) is 12.1 Å². The van der Waals surface area contributed by atoms with Crippen LogP contribution >= 0.6 is 0 Å². The Kier molecular flexibility index (Phi) is 4.20. The Balaban J connectivity index is 1.67. The molecule has 2 atom stereocenters. The summed E-state index contributed by atoms with van der Waals surface area (Å²) in [5.74, 6) is 2.85. The summed E-state index contributed by atoms with van der Waals surface area (Å²) in [5, 5.41) is 6.42. The number of nitrogens with one attached hydrogen (secondary N) is 2. The smallest absolute Gasteiger partial charge is 0.315 e. The van der Waals surface area contributed by atoms with Gasteiger partial charge in [-0.1, -0.05) is 13.8 Å². The fourth-order valence-corrected chi connectivity index (χ4v) is 5.82. The van der Waals surface area contributed by atoms with Crippen molar-refractivity contribution in [2.45, 2.75) is 84.2 Å². The molecule has 0 saturated heterocycles. The predicted molar refractivity (Wildman–Crippen MR) is 86.1 cm³/mol. The first-order chi connectivity index (χ1) is 10.0. The molecule has 0 aromatic heterocycles. The summed E-state index contributed by atoms with van der Waals surface area (Å²) >= 11 is 0. The van der Waals surface area contributed by atoms with Crippen molar-refractivity contribution in [3.63, 3.8) is 0 Å². The van der Waals surface area contributed by atoms with E-state index in [4.69, 9.17) is 0 Å². The molecule has 3 heteroatoms. The zero-order valence-corrected chi connectivity index (χ0v) is 14.0. The van der Waals surface area contributed by atoms with Crippen molar-refractivity contribution in [3.8, 4) is 0 Å². The van der Waals surface area contributed by atoms with Gasteiger partial charge >= 0.3 is 6.03 Å². The SMILES string of the molecule is CCC(C)NC(=O)NC(CC)C12CC3CC(CC(C3)C1)C2. The molecule has 0 spiro atoms. The average molecular weight is 292 g/mol. The van der Waals surface area contributed by atoms with Gasteiger partial charge in [-0.05, 0) is 81.5 Å². The van der Waals surface area contributed by atoms with Crippen LogP contribution in [0.5, 0.6) is 0 Å². The second-order valence-electron chi connectivity index (χ2n) is 8.17. The van der Waals surface area contributed by atoms with Gasteiger partial charge in [0.25, 0.3) is 0 Å². The van der Waals surface area contributed by atoms with E-state index in [0.717, 1.165) is 30.6 Å². The second kappa shape index (κ2) is 5.81. The maximum absolute atomic E-state index is 12.3. The van der Waals surface area contributed by atoms with Gasteiger partial charge in [-0.25, -0.2) is 4.79 Å². The largest absolute Gasteiger partial charge is 0.336 e. The molecule has 2 amide bonds. The van der Waals surface area contributed by atoms with E-state index in [2.05, 4.69) is 31.4 Å². The zero-order chi connectivity index (χ0) is 15.0. The van der Waals surface area contributed by atoms with Gasteiger partial charge in [0.15, 0.2) is 0 Å². The van der Waals surface area contributed by atoms with Crippen molar-refractivity contribution in [1.29, 1.82) is 0 Å². The molecular formula is C18H32N2O. The number of hydrogen-bond donors (Lipinski definition) is 2. The first-order valence-corrected chi connectivity index (χ1v) is 9.11. The highest BCUT2D eigenvalue weighted by Gasteiger charge is 2.54. The second-order valence-corrected chi connectivity index (χ2v) is 8.17. The lowest BCUT2D eigenvalue weighted by Gasteiger charge is -2.59. The van der Waals surface area contributed by atoms with Gasteiger partial charge in [0.1, 0.15) is 0 Å². The van der Waals surface area contributed by atoms with Crippen LogP contribution in [-0.4, -0.2) is 18.1 Å². The zero-order valence-electron chi connectivity index (χ0n) is 14.0. The van der Waals surface area contributed by atoms with Crippen molar-refractivity contribution in [3.05, 3.63) is 0 Å². The molecule has 0 radical (unpaired) electrons. The molecular weight excluding hydrogens is 260 g/mol. The highest BCUT2D eigenvalue weighted by Crippen LogP contribution is 2.61. The van der Waals surface area contributed by atoms with Crippen LogP contribution in [0.1, 0.15) is 72.1 Å². The Morgan fingerprint density at radius 1 is 1.00 bits per heavy atom. The van der Waals surface area contributed by atoms with E-state index in [1.54, 1.807) is 0 Å². The van der Waals surface area contributed by atoms with E-state index in [0.29, 0.717) is 11.5 Å². The van der Waals surface area contributed by atoms with E-state index in [9.17, 15) is 4.79 Å². The molecule has 0 aromatic carbocycles. The quantitative estimate of drug-likeness (QED) is 0.787. The Hall–Kier alpha value is -0.730. The minimum Gasteiger partial charge on any atom is -0.336 e. The van der Waals surface area contributed by atoms with Crippen LogP contribution < -0.4 is 10.6 Å². The molecule has 0 heterocycles. The van der Waals surface area contributed by atoms with Crippen molar-refractivity contribution in [1.82, 2.24) is 10.6 Å². The van der Waals surface area contributed by atoms with Gasteiger partial charge in [0.05, 0.1) is 0 Å². The van der Waals surface area contributed by atoms with Crippen LogP contribution in [0.25, 0.3) is 0 Å². The van der Waals surface area contributed by atoms with Gasteiger partial charge < -0.3 is 10.6 Å². The van der Waals surface area contributed by atoms with Crippen LogP contribution in [0.15, 0.2) is 0 Å². The Morgan fingerprint density at radius 3 is 1.95 bits per heavy atom. The van der Waals surface area contributed by atoms with E-state index in [1.807, 2.05) is 0 Å². The molecule has 4 rings (SSSR count). The molecule has 21 heavy (non-hydrogen) atoms. The first kappa shape index (κ1) is 15.2. The van der Waals surface area contributed by atoms with E-state index in [1.165, 1.54) is 38.5 Å². The standard InChI is InChI=1S/C18H32N2O/c1-4-12(3)19-17(21)20-16(5-2)18-9-13-6-14(10-18)8-15(7-13)11-18/h12-16H,4-11H2,1-3H3,(H2,19,20,21). The summed E-state index contributed by atoms with van der Waals surface area (Å²) < 4.78 is 0. The molecule has 4 saturated carbocycles. The van der Waals surface area contributed by atoms with Crippen molar-refractivity contribution in [2.75, 3.05) is 0 Å². The van der Waals surface area contributed by atoms with Crippen LogP contribution in [0.3, 0.4) is 0 Å². The number of rotatable bonds is 5. The monoisotopic (exact) mass is 292 g/mol. The summed E-state index contributed by atoms with van der Waals surface area (Å²) in [7, 11) is 0. The molecule has 4 aliphatic carbocycles. The topological polar surface area (TPSA) is 41.1 Å². The molecule has 0 aromatic rings. The third-order valence-corrected chi connectivity index (χ3v) is 6.53. The highest BCUT2D eigenvalue weighted by atomic mass is 16.2. The lowest BCUT2D eigenvalue weighted by atomic mass is 9.47. The molecule has 0 aliphatic heterocycles. The fraction of sp³-hybridized carbons (Fsp3) is 0.944. The summed E-state index contributed by atoms with van der Waals surface area (Å²) in [5.41, 5.74) is 0.413. The van der Waals surface area contributed by atoms with E-state index in [-0.39, 0.29) is 12.1 Å². The van der Waals surface area contributed by atoms with Crippen molar-refractivity contribution in [2.24, 2.45) is 23.2 Å². The molecule has 3 nitrogen and oxygen atoms in total. The minimum absolute atomic E-state index is 0.0481. The number of hydrogen-bond acceptors (Lipinski definition) is 1. The maximum atomic E-state index is 12.3. The third-order valence-electron chi connectivity index (χ3n) is 6.53. The molecule has 2 unspecified atom stereocenters. The van der Waals surface area contributed by atoms with Gasteiger partial charge in [-0.3, -0.25) is 0 Å². The van der Waals surface area contributed by atoms with Gasteiger partial charge in [-0.15, -0.1) is 0 Å². The van der Waals surface area contributed by atoms with Crippen LogP contribution in [0.4, 0.5) is 4.79 Å². The first-order valence-electron chi connectivity index (χ1n) is 9.11. The number of carbonyl (C=O) groups excluding carboxylic acids is 1. The molecule has 120 valence electrons. The van der Waals surface area contributed by atoms with Gasteiger partial charge in [0.2, 0.25) is 0 Å². The van der Waals surface area contributed by atoms with Crippen LogP contribution in [-0.2, 0) is 0 Å².